The van der Waals surface area contributed by atoms with E-state index < -0.39 is 0 Å². The zero-order valence-corrected chi connectivity index (χ0v) is 93.2. The quantitative estimate of drug-likeness (QED) is 0.127. The molecule has 9 aliphatic rings. The van der Waals surface area contributed by atoms with Crippen molar-refractivity contribution in [2.24, 2.45) is 144 Å². The van der Waals surface area contributed by atoms with Gasteiger partial charge in [0.15, 0.2) is 0 Å². The lowest BCUT2D eigenvalue weighted by Crippen LogP contribution is -2.63. The maximum absolute atomic E-state index is 3.67. The number of rotatable bonds is 17. The molecule has 116 heavy (non-hydrogen) atoms. The van der Waals surface area contributed by atoms with Crippen LogP contribution < -0.4 is 16.0 Å². The molecule has 0 aromatic rings. The van der Waals surface area contributed by atoms with Gasteiger partial charge in [-0.15, -0.1) is 0 Å². The second-order valence-corrected chi connectivity index (χ2v) is 42.0. The molecule has 9 rings (SSSR count). The van der Waals surface area contributed by atoms with Crippen molar-refractivity contribution in [2.75, 3.05) is 26.2 Å². The standard InChI is InChI=1S/C13H26.C12H24.C11H22.2C10H21N.3C10H20.C9H19N.9C2H6/c1-11(2)13(12(3)4)9-7-5-6-8-10-13;1-10(2)12(11(3)4)8-6-5-7-9-12;1-9(2)11(10(3)4)7-5-6-8-11;1-8(2)10(9(3)4)5-6-11-7-10;1-8(2)10(9(3)4)6-5-7-11-10;1-8(2)10(6-7-10)9(3,4)5;2*1-8(2)10(9(3)4)6-5-7-10;1-7(2)9(8(3)4)5-6-10-9;9*1-2/h11-12H,5-10H2,1-4H3;10-11H,5-9H2,1-4H3;9-10H,5-8H2,1-4H3;2*8-9,11H,5-7H2,1-4H3;8H,6-7H2,1-5H3;2*8-9H,5-7H2,1-4H3;7-8,10H,5-6H2,1-4H3;9*1-2H3. The predicted octanol–water partition coefficient (Wildman–Crippen LogP) is 39.1. The summed E-state index contributed by atoms with van der Waals surface area (Å²) in [5.41, 5.74) is 6.20. The summed E-state index contributed by atoms with van der Waals surface area (Å²) in [6.45, 7) is 129. The first-order valence-electron chi connectivity index (χ1n) is 53.4. The summed E-state index contributed by atoms with van der Waals surface area (Å²) in [5, 5.41) is 10.7. The van der Waals surface area contributed by atoms with Gasteiger partial charge in [-0.3, -0.25) is 0 Å². The molecular weight excluding hydrogens is 1400 g/mol. The fourth-order valence-electron chi connectivity index (χ4n) is 23.1. The third-order valence-electron chi connectivity index (χ3n) is 32.7. The van der Waals surface area contributed by atoms with E-state index in [1.165, 1.54) is 200 Å². The molecule has 3 N–H and O–H groups in total. The predicted molar refractivity (Wildman–Crippen MR) is 550 cm³/mol. The van der Waals surface area contributed by atoms with Gasteiger partial charge in [0.1, 0.15) is 0 Å². The second kappa shape index (κ2) is 71.0. The van der Waals surface area contributed by atoms with Gasteiger partial charge in [-0.2, -0.15) is 0 Å². The number of hydrogen-bond acceptors (Lipinski definition) is 3. The van der Waals surface area contributed by atoms with Crippen LogP contribution in [0.5, 0.6) is 0 Å². The molecule has 0 bridgehead atoms. The van der Waals surface area contributed by atoms with Crippen LogP contribution in [0.2, 0.25) is 0 Å². The topological polar surface area (TPSA) is 36.1 Å². The third kappa shape index (κ3) is 41.1. The van der Waals surface area contributed by atoms with Crippen molar-refractivity contribution in [1.29, 1.82) is 0 Å². The highest BCUT2D eigenvalue weighted by molar-refractivity contribution is 5.04. The molecule has 3 aliphatic heterocycles. The Balaban J connectivity index is -0.000000155. The SMILES string of the molecule is CC.CC.CC.CC.CC.CC.CC.CC.CC.CC(C)C1(C(C)(C)C)CC1.CC(C)C1(C(C)C)CCC1.CC(C)C1(C(C)C)CCC1.CC(C)C1(C(C)C)CCCC1.CC(C)C1(C(C)C)CCCCC1.CC(C)C1(C(C)C)CCCCCC1.CC(C)C1(C(C)C)CCCN1.CC(C)C1(C(C)C)CCN1.CC(C)C1(C(C)C)CCNC1. The molecular formula is C113H247N3. The van der Waals surface area contributed by atoms with E-state index >= 15 is 0 Å². The molecule has 6 saturated carbocycles. The Morgan fingerprint density at radius 1 is 0.172 bits per heavy atom. The Labute approximate surface area is 746 Å². The Kier molecular flexibility index (Phi) is 81.9. The van der Waals surface area contributed by atoms with Crippen molar-refractivity contribution >= 4 is 0 Å². The molecule has 9 fully saturated rings. The van der Waals surface area contributed by atoms with Crippen LogP contribution in [-0.2, 0) is 0 Å². The summed E-state index contributed by atoms with van der Waals surface area (Å²) in [6, 6.07) is 0. The van der Waals surface area contributed by atoms with Crippen LogP contribution in [0.4, 0.5) is 0 Å². The summed E-state index contributed by atoms with van der Waals surface area (Å²) < 4.78 is 0. The Morgan fingerprint density at radius 3 is 0.457 bits per heavy atom. The van der Waals surface area contributed by atoms with Gasteiger partial charge in [0, 0.05) is 17.6 Å². The highest BCUT2D eigenvalue weighted by atomic mass is 15.1. The first kappa shape index (κ1) is 134. The summed E-state index contributed by atoms with van der Waals surface area (Å²) in [6.07, 6.45) is 39.3. The maximum Gasteiger partial charge on any atom is 0.0239 e. The van der Waals surface area contributed by atoms with Crippen LogP contribution in [0, 0.1) is 144 Å². The summed E-state index contributed by atoms with van der Waals surface area (Å²) in [7, 11) is 0. The molecule has 714 valence electrons. The van der Waals surface area contributed by atoms with Crippen molar-refractivity contribution in [1.82, 2.24) is 16.0 Å². The van der Waals surface area contributed by atoms with Crippen LogP contribution in [0.3, 0.4) is 0 Å². The zero-order valence-electron chi connectivity index (χ0n) is 93.2. The molecule has 6 aliphatic carbocycles. The van der Waals surface area contributed by atoms with Gasteiger partial charge in [0.25, 0.3) is 0 Å². The normalized spacial score (nSPS) is 20.3. The first-order chi connectivity index (χ1) is 54.2. The molecule has 0 radical (unpaired) electrons. The number of nitrogens with one attached hydrogen (secondary N) is 3. The fraction of sp³-hybridized carbons (Fsp3) is 1.00. The summed E-state index contributed by atoms with van der Waals surface area (Å²) in [4.78, 5) is 0. The van der Waals surface area contributed by atoms with Crippen LogP contribution in [0.15, 0.2) is 0 Å². The van der Waals surface area contributed by atoms with Crippen LogP contribution in [-0.4, -0.2) is 37.3 Å². The van der Waals surface area contributed by atoms with Gasteiger partial charge < -0.3 is 16.0 Å². The molecule has 0 amide bonds. The third-order valence-corrected chi connectivity index (χ3v) is 32.7. The second-order valence-electron chi connectivity index (χ2n) is 42.0. The summed E-state index contributed by atoms with van der Waals surface area (Å²) in [5.74, 6) is 14.4. The number of hydrogen-bond donors (Lipinski definition) is 3. The monoisotopic (exact) mass is 1650 g/mol. The average molecular weight is 1650 g/mol. The lowest BCUT2D eigenvalue weighted by Gasteiger charge is -2.50. The minimum atomic E-state index is 0.444. The molecule has 0 spiro atoms. The van der Waals surface area contributed by atoms with Crippen molar-refractivity contribution in [3.05, 3.63) is 0 Å². The van der Waals surface area contributed by atoms with E-state index in [9.17, 15) is 0 Å². The molecule has 3 nitrogen and oxygen atoms in total. The first-order valence-corrected chi connectivity index (χ1v) is 53.4. The highest BCUT2D eigenvalue weighted by Gasteiger charge is 2.54. The Bertz CT molecular complexity index is 1750. The van der Waals surface area contributed by atoms with Crippen molar-refractivity contribution in [3.8, 4) is 0 Å². The smallest absolute Gasteiger partial charge is 0.0239 e. The van der Waals surface area contributed by atoms with Crippen molar-refractivity contribution < 1.29 is 0 Å². The summed E-state index contributed by atoms with van der Waals surface area (Å²) >= 11 is 0. The lowest BCUT2D eigenvalue weighted by atomic mass is 9.56. The van der Waals surface area contributed by atoms with Gasteiger partial charge in [-0.1, -0.05) is 451 Å². The molecule has 0 atom stereocenters. The van der Waals surface area contributed by atoms with E-state index in [1.54, 1.807) is 0 Å². The van der Waals surface area contributed by atoms with Gasteiger partial charge in [-0.25, -0.2) is 0 Å². The minimum Gasteiger partial charge on any atom is -0.316 e. The largest absolute Gasteiger partial charge is 0.316 e. The molecule has 0 aromatic heterocycles. The molecule has 3 saturated heterocycles. The van der Waals surface area contributed by atoms with Crippen LogP contribution in [0.25, 0.3) is 0 Å². The van der Waals surface area contributed by atoms with Crippen molar-refractivity contribution in [3.63, 3.8) is 0 Å². The maximum atomic E-state index is 3.67. The molecule has 3 heteroatoms. The van der Waals surface area contributed by atoms with E-state index in [-0.39, 0.29) is 0 Å². The lowest BCUT2D eigenvalue weighted by molar-refractivity contribution is 0.0135. The minimum absolute atomic E-state index is 0.444. The molecule has 0 aromatic carbocycles. The van der Waals surface area contributed by atoms with Crippen LogP contribution in [0.1, 0.15) is 554 Å². The van der Waals surface area contributed by atoms with Gasteiger partial charge in [-0.05, 0) is 266 Å². The van der Waals surface area contributed by atoms with E-state index in [4.69, 9.17) is 0 Å². The molecule has 0 unspecified atom stereocenters. The van der Waals surface area contributed by atoms with E-state index in [0.717, 1.165) is 111 Å². The van der Waals surface area contributed by atoms with Gasteiger partial charge >= 0.3 is 0 Å². The van der Waals surface area contributed by atoms with E-state index in [2.05, 4.69) is 272 Å². The molecule has 3 heterocycles. The van der Waals surface area contributed by atoms with Gasteiger partial charge in [0.05, 0.1) is 0 Å². The van der Waals surface area contributed by atoms with Crippen molar-refractivity contribution in [2.45, 2.75) is 565 Å². The Hall–Kier alpha value is -0.120. The Morgan fingerprint density at radius 2 is 0.371 bits per heavy atom. The fourth-order valence-corrected chi connectivity index (χ4v) is 23.1. The van der Waals surface area contributed by atoms with Crippen LogP contribution >= 0.6 is 0 Å². The van der Waals surface area contributed by atoms with E-state index in [0.29, 0.717) is 43.6 Å². The average Bonchev–Trinajstić information content (AvgIpc) is 1.57. The van der Waals surface area contributed by atoms with E-state index in [1.807, 2.05) is 125 Å². The highest BCUT2D eigenvalue weighted by Crippen LogP contribution is 2.63. The zero-order chi connectivity index (χ0) is 93.9. The van der Waals surface area contributed by atoms with Gasteiger partial charge in [0.2, 0.25) is 0 Å².